The molecule has 1 fully saturated rings. The van der Waals surface area contributed by atoms with Crippen molar-refractivity contribution < 1.29 is 4.79 Å². The van der Waals surface area contributed by atoms with Gasteiger partial charge in [0.2, 0.25) is 0 Å². The van der Waals surface area contributed by atoms with Gasteiger partial charge in [0, 0.05) is 17.6 Å². The summed E-state index contributed by atoms with van der Waals surface area (Å²) in [4.78, 5) is 23.0. The molecule has 0 saturated carbocycles. The van der Waals surface area contributed by atoms with E-state index in [1.807, 2.05) is 24.4 Å². The number of aromatic nitrogens is 2. The number of rotatable bonds is 3. The molecule has 1 aliphatic rings. The van der Waals surface area contributed by atoms with Crippen molar-refractivity contribution in [3.8, 4) is 0 Å². The van der Waals surface area contributed by atoms with Gasteiger partial charge in [0.25, 0.3) is 5.91 Å². The van der Waals surface area contributed by atoms with Crippen LogP contribution in [0.4, 0.5) is 5.13 Å². The Labute approximate surface area is 128 Å². The van der Waals surface area contributed by atoms with Crippen molar-refractivity contribution in [3.05, 3.63) is 40.7 Å². The molecular formula is C15H18N4OS. The van der Waals surface area contributed by atoms with Gasteiger partial charge in [-0.15, -0.1) is 11.3 Å². The van der Waals surface area contributed by atoms with E-state index in [2.05, 4.69) is 27.2 Å². The van der Waals surface area contributed by atoms with Gasteiger partial charge in [-0.3, -0.25) is 20.0 Å². The zero-order chi connectivity index (χ0) is 14.8. The summed E-state index contributed by atoms with van der Waals surface area (Å²) in [5.41, 5.74) is 2.51. The van der Waals surface area contributed by atoms with E-state index in [1.54, 1.807) is 6.20 Å². The third-order valence-electron chi connectivity index (χ3n) is 3.76. The molecule has 3 heterocycles. The number of carbonyl (C=O) groups is 1. The number of nitrogens with one attached hydrogen (secondary N) is 1. The van der Waals surface area contributed by atoms with E-state index in [0.717, 1.165) is 24.2 Å². The molecule has 0 radical (unpaired) electrons. The molecule has 110 valence electrons. The second kappa shape index (κ2) is 5.91. The Morgan fingerprint density at radius 1 is 1.52 bits per heavy atom. The van der Waals surface area contributed by atoms with Gasteiger partial charge in [0.1, 0.15) is 5.69 Å². The highest BCUT2D eigenvalue weighted by Crippen LogP contribution is 2.30. The first-order valence-electron chi connectivity index (χ1n) is 7.03. The number of hydrogen-bond acceptors (Lipinski definition) is 5. The average Bonchev–Trinajstić information content (AvgIpc) is 3.07. The van der Waals surface area contributed by atoms with Crippen molar-refractivity contribution in [2.75, 3.05) is 18.9 Å². The predicted octanol–water partition coefficient (Wildman–Crippen LogP) is 2.87. The van der Waals surface area contributed by atoms with Crippen LogP contribution in [0.15, 0.2) is 23.7 Å². The maximum atomic E-state index is 12.3. The number of nitrogens with zero attached hydrogens (tertiary/aromatic N) is 3. The minimum atomic E-state index is -0.202. The molecule has 1 saturated heterocycles. The van der Waals surface area contributed by atoms with Crippen LogP contribution in [0.25, 0.3) is 0 Å². The maximum absolute atomic E-state index is 12.3. The molecule has 0 aliphatic carbocycles. The van der Waals surface area contributed by atoms with Crippen LogP contribution in [0.2, 0.25) is 0 Å². The monoisotopic (exact) mass is 302 g/mol. The van der Waals surface area contributed by atoms with E-state index in [-0.39, 0.29) is 5.91 Å². The van der Waals surface area contributed by atoms with Gasteiger partial charge in [-0.2, -0.15) is 0 Å². The number of amides is 1. The Morgan fingerprint density at radius 3 is 3.05 bits per heavy atom. The summed E-state index contributed by atoms with van der Waals surface area (Å²) in [6.07, 6.45) is 4.04. The minimum absolute atomic E-state index is 0.202. The second-order valence-electron chi connectivity index (χ2n) is 5.36. The molecule has 21 heavy (non-hydrogen) atoms. The van der Waals surface area contributed by atoms with E-state index < -0.39 is 0 Å². The summed E-state index contributed by atoms with van der Waals surface area (Å²) in [6.45, 7) is 3.01. The van der Waals surface area contributed by atoms with Crippen LogP contribution in [0.5, 0.6) is 0 Å². The molecule has 0 aromatic carbocycles. The molecule has 5 nitrogen and oxygen atoms in total. The van der Waals surface area contributed by atoms with Crippen molar-refractivity contribution in [2.24, 2.45) is 0 Å². The number of pyridine rings is 1. The first-order chi connectivity index (χ1) is 10.1. The Balaban J connectivity index is 1.77. The summed E-state index contributed by atoms with van der Waals surface area (Å²) in [7, 11) is 2.12. The zero-order valence-electron chi connectivity index (χ0n) is 12.2. The molecule has 2 aromatic rings. The molecule has 1 N–H and O–H groups in total. The van der Waals surface area contributed by atoms with Gasteiger partial charge >= 0.3 is 0 Å². The molecule has 1 aliphatic heterocycles. The number of thiazole rings is 1. The van der Waals surface area contributed by atoms with E-state index in [4.69, 9.17) is 0 Å². The minimum Gasteiger partial charge on any atom is -0.299 e. The SMILES string of the molecule is Cc1csc(NC(=O)c2cc([C@H]3CCCN3C)ccn2)n1. The van der Waals surface area contributed by atoms with Crippen LogP contribution in [-0.2, 0) is 0 Å². The van der Waals surface area contributed by atoms with Gasteiger partial charge in [-0.05, 0) is 51.1 Å². The molecule has 0 bridgehead atoms. The fourth-order valence-corrected chi connectivity index (χ4v) is 3.37. The Kier molecular flexibility index (Phi) is 3.98. The lowest BCUT2D eigenvalue weighted by molar-refractivity contribution is 0.102. The standard InChI is InChI=1S/C15H18N4OS/c1-10-9-21-15(17-10)18-14(20)12-8-11(5-6-16-12)13-4-3-7-19(13)2/h5-6,8-9,13H,3-4,7H2,1-2H3,(H,17,18,20)/t13-/m1/s1. The van der Waals surface area contributed by atoms with E-state index >= 15 is 0 Å². The van der Waals surface area contributed by atoms with Crippen LogP contribution < -0.4 is 5.32 Å². The first-order valence-corrected chi connectivity index (χ1v) is 7.91. The van der Waals surface area contributed by atoms with Gasteiger partial charge in [0.15, 0.2) is 5.13 Å². The summed E-state index contributed by atoms with van der Waals surface area (Å²) in [5, 5.41) is 5.32. The first kappa shape index (κ1) is 14.2. The Morgan fingerprint density at radius 2 is 2.38 bits per heavy atom. The van der Waals surface area contributed by atoms with Crippen LogP contribution in [0.1, 0.15) is 40.6 Å². The van der Waals surface area contributed by atoms with Crippen molar-refractivity contribution in [1.82, 2.24) is 14.9 Å². The van der Waals surface area contributed by atoms with Crippen LogP contribution in [0, 0.1) is 6.92 Å². The fraction of sp³-hybridized carbons (Fsp3) is 0.400. The predicted molar refractivity (Wildman–Crippen MR) is 83.6 cm³/mol. The fourth-order valence-electron chi connectivity index (χ4n) is 2.68. The van der Waals surface area contributed by atoms with Crippen molar-refractivity contribution in [2.45, 2.75) is 25.8 Å². The number of anilines is 1. The van der Waals surface area contributed by atoms with E-state index in [9.17, 15) is 4.79 Å². The number of carbonyl (C=O) groups excluding carboxylic acids is 1. The lowest BCUT2D eigenvalue weighted by atomic mass is 10.1. The highest BCUT2D eigenvalue weighted by Gasteiger charge is 2.23. The molecule has 0 spiro atoms. The smallest absolute Gasteiger partial charge is 0.276 e. The molecular weight excluding hydrogens is 284 g/mol. The topological polar surface area (TPSA) is 58.1 Å². The van der Waals surface area contributed by atoms with E-state index in [1.165, 1.54) is 17.8 Å². The largest absolute Gasteiger partial charge is 0.299 e. The Hall–Kier alpha value is -1.79. The van der Waals surface area contributed by atoms with Gasteiger partial charge in [-0.1, -0.05) is 0 Å². The average molecular weight is 302 g/mol. The summed E-state index contributed by atoms with van der Waals surface area (Å²) >= 11 is 1.42. The van der Waals surface area contributed by atoms with E-state index in [0.29, 0.717) is 16.9 Å². The quantitative estimate of drug-likeness (QED) is 0.947. The van der Waals surface area contributed by atoms with Crippen LogP contribution in [-0.4, -0.2) is 34.4 Å². The van der Waals surface area contributed by atoms with Gasteiger partial charge in [0.05, 0.1) is 5.69 Å². The summed E-state index contributed by atoms with van der Waals surface area (Å²) in [6, 6.07) is 4.28. The lowest BCUT2D eigenvalue weighted by Crippen LogP contribution is -2.19. The normalized spacial score (nSPS) is 18.9. The maximum Gasteiger partial charge on any atom is 0.276 e. The molecule has 1 atom stereocenters. The van der Waals surface area contributed by atoms with Crippen molar-refractivity contribution in [1.29, 1.82) is 0 Å². The highest BCUT2D eigenvalue weighted by molar-refractivity contribution is 7.13. The second-order valence-corrected chi connectivity index (χ2v) is 6.22. The molecule has 1 amide bonds. The zero-order valence-corrected chi connectivity index (χ0v) is 13.0. The lowest BCUT2D eigenvalue weighted by Gasteiger charge is -2.19. The molecule has 6 heteroatoms. The van der Waals surface area contributed by atoms with Gasteiger partial charge < -0.3 is 0 Å². The highest BCUT2D eigenvalue weighted by atomic mass is 32.1. The third-order valence-corrected chi connectivity index (χ3v) is 4.64. The van der Waals surface area contributed by atoms with Crippen LogP contribution >= 0.6 is 11.3 Å². The summed E-state index contributed by atoms with van der Waals surface area (Å²) in [5.74, 6) is -0.202. The summed E-state index contributed by atoms with van der Waals surface area (Å²) < 4.78 is 0. The van der Waals surface area contributed by atoms with Crippen LogP contribution in [0.3, 0.4) is 0 Å². The third kappa shape index (κ3) is 3.11. The molecule has 2 aromatic heterocycles. The number of likely N-dealkylation sites (tertiary alicyclic amines) is 1. The van der Waals surface area contributed by atoms with Crippen molar-refractivity contribution in [3.63, 3.8) is 0 Å². The van der Waals surface area contributed by atoms with Crippen molar-refractivity contribution >= 4 is 22.4 Å². The Bertz CT molecular complexity index is 655. The molecule has 3 rings (SSSR count). The number of hydrogen-bond donors (Lipinski definition) is 1. The van der Waals surface area contributed by atoms with Gasteiger partial charge in [-0.25, -0.2) is 4.98 Å². The molecule has 0 unspecified atom stereocenters. The number of aryl methyl sites for hydroxylation is 1.